The van der Waals surface area contributed by atoms with Gasteiger partial charge in [-0.3, -0.25) is 0 Å². The van der Waals surface area contributed by atoms with Gasteiger partial charge in [0.1, 0.15) is 0 Å². The van der Waals surface area contributed by atoms with Crippen LogP contribution in [0.4, 0.5) is 5.69 Å². The molecule has 0 atom stereocenters. The average molecular weight is 357 g/mol. The maximum Gasteiger partial charge on any atom is 0.335 e. The van der Waals surface area contributed by atoms with Gasteiger partial charge in [-0.15, -0.1) is 0 Å². The molecule has 0 radical (unpaired) electrons. The molecule has 5 nitrogen and oxygen atoms in total. The van der Waals surface area contributed by atoms with Crippen molar-refractivity contribution in [1.82, 2.24) is 0 Å². The summed E-state index contributed by atoms with van der Waals surface area (Å²) in [6.45, 7) is 2.70. The number of carboxylic acid groups (broad SMARTS) is 1. The van der Waals surface area contributed by atoms with Gasteiger partial charge in [-0.2, -0.15) is 0 Å². The van der Waals surface area contributed by atoms with Crippen molar-refractivity contribution in [2.75, 3.05) is 11.9 Å². The van der Waals surface area contributed by atoms with E-state index in [9.17, 15) is 18.3 Å². The molecule has 0 aromatic heterocycles. The fourth-order valence-electron chi connectivity index (χ4n) is 2.89. The summed E-state index contributed by atoms with van der Waals surface area (Å²) in [6, 6.07) is 12.0. The van der Waals surface area contributed by atoms with Crippen molar-refractivity contribution in [2.24, 2.45) is 0 Å². The summed E-state index contributed by atoms with van der Waals surface area (Å²) in [6.07, 6.45) is 1.89. The maximum atomic E-state index is 12.6. The molecule has 0 fully saturated rings. The summed E-state index contributed by atoms with van der Waals surface area (Å²) in [5.41, 5.74) is 2.42. The minimum absolute atomic E-state index is 0.0379. The highest BCUT2D eigenvalue weighted by Crippen LogP contribution is 2.42. The molecule has 2 aromatic carbocycles. The zero-order chi connectivity index (χ0) is 18.0. The van der Waals surface area contributed by atoms with E-state index < -0.39 is 15.8 Å². The quantitative estimate of drug-likeness (QED) is 0.769. The van der Waals surface area contributed by atoms with Crippen LogP contribution in [0.2, 0.25) is 0 Å². The van der Waals surface area contributed by atoms with Gasteiger partial charge in [-0.25, -0.2) is 13.2 Å². The van der Waals surface area contributed by atoms with Crippen molar-refractivity contribution in [1.29, 1.82) is 0 Å². The molecule has 1 heterocycles. The number of fused-ring (bicyclic) bond motifs is 1. The lowest BCUT2D eigenvalue weighted by Crippen LogP contribution is -2.08. The monoisotopic (exact) mass is 357 g/mol. The number of nitrogens with one attached hydrogen (secondary N) is 1. The Morgan fingerprint density at radius 1 is 1.16 bits per heavy atom. The molecular formula is C19H19NO4S. The van der Waals surface area contributed by atoms with Crippen molar-refractivity contribution in [3.8, 4) is 0 Å². The molecule has 25 heavy (non-hydrogen) atoms. The third-order valence-electron chi connectivity index (χ3n) is 4.13. The molecule has 0 aliphatic carbocycles. The number of anilines is 1. The molecule has 0 spiro atoms. The summed E-state index contributed by atoms with van der Waals surface area (Å²) in [4.78, 5) is 11.5. The molecule has 6 heteroatoms. The number of rotatable bonds is 6. The van der Waals surface area contributed by atoms with Gasteiger partial charge in [0.05, 0.1) is 10.5 Å². The van der Waals surface area contributed by atoms with Gasteiger partial charge >= 0.3 is 5.97 Å². The Bertz CT molecular complexity index is 947. The van der Waals surface area contributed by atoms with Gasteiger partial charge < -0.3 is 10.4 Å². The number of carbonyl (C=O) groups is 1. The highest BCUT2D eigenvalue weighted by Gasteiger charge is 2.31. The Morgan fingerprint density at radius 3 is 2.52 bits per heavy atom. The number of sulfone groups is 1. The summed E-state index contributed by atoms with van der Waals surface area (Å²) in [7, 11) is -3.68. The summed E-state index contributed by atoms with van der Waals surface area (Å²) >= 11 is 0. The van der Waals surface area contributed by atoms with Crippen LogP contribution in [0.15, 0.2) is 52.8 Å². The zero-order valence-corrected chi connectivity index (χ0v) is 14.6. The van der Waals surface area contributed by atoms with Crippen LogP contribution < -0.4 is 5.32 Å². The van der Waals surface area contributed by atoms with E-state index in [1.54, 1.807) is 0 Å². The van der Waals surface area contributed by atoms with E-state index >= 15 is 0 Å². The van der Waals surface area contributed by atoms with Crippen LogP contribution in [0.25, 0.3) is 5.57 Å². The van der Waals surface area contributed by atoms with E-state index in [0.717, 1.165) is 18.4 Å². The third-order valence-corrected chi connectivity index (χ3v) is 5.61. The van der Waals surface area contributed by atoms with E-state index in [-0.39, 0.29) is 10.5 Å². The first-order valence-electron chi connectivity index (χ1n) is 8.12. The van der Waals surface area contributed by atoms with Crippen molar-refractivity contribution >= 4 is 27.1 Å². The smallest absolute Gasteiger partial charge is 0.335 e. The molecule has 3 rings (SSSR count). The minimum atomic E-state index is -3.68. The van der Waals surface area contributed by atoms with Crippen LogP contribution in [0.3, 0.4) is 0 Å². The number of aromatic carboxylic acids is 1. The van der Waals surface area contributed by atoms with E-state index in [4.69, 9.17) is 0 Å². The molecule has 0 saturated carbocycles. The predicted octanol–water partition coefficient (Wildman–Crippen LogP) is 3.77. The second-order valence-corrected chi connectivity index (χ2v) is 7.69. The Hall–Kier alpha value is -2.60. The SMILES string of the molecule is CCCCNc1cc(C(=O)O)cc2c1C(c1ccccc1)=CS2(=O)=O. The molecular weight excluding hydrogens is 338 g/mol. The van der Waals surface area contributed by atoms with E-state index in [2.05, 4.69) is 12.2 Å². The van der Waals surface area contributed by atoms with Gasteiger partial charge in [0, 0.05) is 28.8 Å². The van der Waals surface area contributed by atoms with E-state index in [1.807, 2.05) is 30.3 Å². The third kappa shape index (κ3) is 3.30. The fraction of sp³-hybridized carbons (Fsp3) is 0.211. The van der Waals surface area contributed by atoms with Crippen molar-refractivity contribution < 1.29 is 18.3 Å². The number of hydrogen-bond donors (Lipinski definition) is 2. The van der Waals surface area contributed by atoms with Crippen LogP contribution in [0.1, 0.15) is 41.3 Å². The molecule has 1 aliphatic rings. The molecule has 0 saturated heterocycles. The van der Waals surface area contributed by atoms with Crippen molar-refractivity contribution in [3.05, 3.63) is 64.6 Å². The molecule has 0 bridgehead atoms. The van der Waals surface area contributed by atoms with Crippen LogP contribution in [-0.2, 0) is 9.84 Å². The largest absolute Gasteiger partial charge is 0.478 e. The van der Waals surface area contributed by atoms with Gasteiger partial charge in [0.2, 0.25) is 9.84 Å². The van der Waals surface area contributed by atoms with Gasteiger partial charge in [0.25, 0.3) is 0 Å². The fourth-order valence-corrected chi connectivity index (χ4v) is 4.37. The summed E-state index contributed by atoms with van der Waals surface area (Å²) in [5.74, 6) is -1.15. The lowest BCUT2D eigenvalue weighted by Gasteiger charge is -2.15. The predicted molar refractivity (Wildman–Crippen MR) is 97.5 cm³/mol. The molecule has 0 unspecified atom stereocenters. The van der Waals surface area contributed by atoms with Gasteiger partial charge in [-0.05, 0) is 24.1 Å². The molecule has 2 N–H and O–H groups in total. The molecule has 1 aliphatic heterocycles. The Balaban J connectivity index is 2.20. The first-order chi connectivity index (χ1) is 11.9. The Labute approximate surface area is 146 Å². The number of benzene rings is 2. The maximum absolute atomic E-state index is 12.6. The first-order valence-corrected chi connectivity index (χ1v) is 9.66. The van der Waals surface area contributed by atoms with E-state index in [1.165, 1.54) is 17.5 Å². The zero-order valence-electron chi connectivity index (χ0n) is 13.8. The van der Waals surface area contributed by atoms with Gasteiger partial charge in [0.15, 0.2) is 0 Å². The van der Waals surface area contributed by atoms with Gasteiger partial charge in [-0.1, -0.05) is 43.7 Å². The van der Waals surface area contributed by atoms with E-state index in [0.29, 0.717) is 23.4 Å². The lowest BCUT2D eigenvalue weighted by molar-refractivity contribution is 0.0696. The topological polar surface area (TPSA) is 83.5 Å². The van der Waals surface area contributed by atoms with Crippen molar-refractivity contribution in [2.45, 2.75) is 24.7 Å². The second kappa shape index (κ2) is 6.72. The van der Waals surface area contributed by atoms with Crippen LogP contribution in [0.5, 0.6) is 0 Å². The first kappa shape index (κ1) is 17.2. The Kier molecular flexibility index (Phi) is 4.63. The molecule has 0 amide bonds. The van der Waals surface area contributed by atoms with Crippen LogP contribution >= 0.6 is 0 Å². The number of carboxylic acids is 1. The van der Waals surface area contributed by atoms with Crippen LogP contribution in [-0.4, -0.2) is 26.0 Å². The highest BCUT2D eigenvalue weighted by atomic mass is 32.2. The second-order valence-electron chi connectivity index (χ2n) is 5.92. The minimum Gasteiger partial charge on any atom is -0.478 e. The average Bonchev–Trinajstić information content (AvgIpc) is 2.87. The number of hydrogen-bond acceptors (Lipinski definition) is 4. The Morgan fingerprint density at radius 2 is 1.88 bits per heavy atom. The lowest BCUT2D eigenvalue weighted by atomic mass is 9.96. The van der Waals surface area contributed by atoms with Crippen LogP contribution in [0, 0.1) is 0 Å². The summed E-state index contributed by atoms with van der Waals surface area (Å²) < 4.78 is 25.2. The van der Waals surface area contributed by atoms with Crippen molar-refractivity contribution in [3.63, 3.8) is 0 Å². The number of unbranched alkanes of at least 4 members (excludes halogenated alkanes) is 1. The highest BCUT2D eigenvalue weighted by molar-refractivity contribution is 7.95. The standard InChI is InChI=1S/C19H19NO4S/c1-2-3-9-20-16-10-14(19(21)22)11-17-18(16)15(12-25(17,23)24)13-7-5-4-6-8-13/h4-8,10-12,20H,2-3,9H2,1H3,(H,21,22). The summed E-state index contributed by atoms with van der Waals surface area (Å²) in [5, 5.41) is 13.8. The normalized spacial score (nSPS) is 14.7. The molecule has 2 aromatic rings. The molecule has 130 valence electrons.